The second kappa shape index (κ2) is 8.20. The Hall–Kier alpha value is -3.58. The first kappa shape index (κ1) is 18.8. The third-order valence-electron chi connectivity index (χ3n) is 4.44. The van der Waals surface area contributed by atoms with Gasteiger partial charge in [-0.2, -0.15) is 15.3 Å². The summed E-state index contributed by atoms with van der Waals surface area (Å²) >= 11 is 1.52. The third-order valence-corrected chi connectivity index (χ3v) is 5.38. The van der Waals surface area contributed by atoms with Crippen LogP contribution in [0.1, 0.15) is 16.7 Å². The largest absolute Gasteiger partial charge is 0.507 e. The molecule has 6 nitrogen and oxygen atoms in total. The van der Waals surface area contributed by atoms with Crippen LogP contribution in [-0.2, 0) is 0 Å². The normalized spacial score (nSPS) is 11.7. The number of aromatic hydroxyl groups is 1. The molecular weight excluding hydrogens is 382 g/mol. The van der Waals surface area contributed by atoms with Gasteiger partial charge in [0.1, 0.15) is 5.75 Å². The predicted molar refractivity (Wildman–Crippen MR) is 119 cm³/mol. The SMILES string of the molecule is Cc1ccc(N=Nc2ccc(O)c(/C=N\Nc3nc4ccccc4s3)c2)cc1C. The number of anilines is 1. The van der Waals surface area contributed by atoms with Gasteiger partial charge in [0, 0.05) is 5.56 Å². The maximum Gasteiger partial charge on any atom is 0.204 e. The highest BCUT2D eigenvalue weighted by atomic mass is 32.1. The molecule has 0 aliphatic carbocycles. The molecule has 0 radical (unpaired) electrons. The van der Waals surface area contributed by atoms with Crippen LogP contribution in [0.25, 0.3) is 10.2 Å². The summed E-state index contributed by atoms with van der Waals surface area (Å²) in [5.74, 6) is 0.116. The highest BCUT2D eigenvalue weighted by molar-refractivity contribution is 7.22. The van der Waals surface area contributed by atoms with Gasteiger partial charge in [-0.3, -0.25) is 5.43 Å². The van der Waals surface area contributed by atoms with E-state index in [1.165, 1.54) is 28.7 Å². The number of thiazole rings is 1. The zero-order chi connectivity index (χ0) is 20.2. The van der Waals surface area contributed by atoms with Gasteiger partial charge in [-0.25, -0.2) is 4.98 Å². The Morgan fingerprint density at radius 1 is 0.931 bits per heavy atom. The van der Waals surface area contributed by atoms with Crippen LogP contribution in [0.4, 0.5) is 16.5 Å². The van der Waals surface area contributed by atoms with Gasteiger partial charge in [0.15, 0.2) is 0 Å². The van der Waals surface area contributed by atoms with Crippen LogP contribution in [0.2, 0.25) is 0 Å². The highest BCUT2D eigenvalue weighted by Crippen LogP contribution is 2.27. The van der Waals surface area contributed by atoms with Crippen LogP contribution in [0, 0.1) is 13.8 Å². The van der Waals surface area contributed by atoms with Gasteiger partial charge in [-0.1, -0.05) is 29.5 Å². The molecule has 0 saturated carbocycles. The van der Waals surface area contributed by atoms with E-state index in [0.29, 0.717) is 16.4 Å². The quantitative estimate of drug-likeness (QED) is 0.228. The summed E-state index contributed by atoms with van der Waals surface area (Å²) in [6, 6.07) is 18.8. The Bertz CT molecular complexity index is 1200. The van der Waals surface area contributed by atoms with Crippen LogP contribution < -0.4 is 5.43 Å². The Balaban J connectivity index is 1.49. The van der Waals surface area contributed by atoms with Crippen molar-refractivity contribution in [1.29, 1.82) is 0 Å². The minimum Gasteiger partial charge on any atom is -0.507 e. The molecule has 4 rings (SSSR count). The van der Waals surface area contributed by atoms with Gasteiger partial charge in [-0.15, -0.1) is 0 Å². The molecule has 0 saturated heterocycles. The van der Waals surface area contributed by atoms with Crippen molar-refractivity contribution in [3.63, 3.8) is 0 Å². The molecule has 0 atom stereocenters. The molecule has 0 spiro atoms. The first-order chi connectivity index (χ1) is 14.1. The Morgan fingerprint density at radius 3 is 2.48 bits per heavy atom. The molecule has 1 aromatic heterocycles. The summed E-state index contributed by atoms with van der Waals surface area (Å²) < 4.78 is 1.08. The van der Waals surface area contributed by atoms with Crippen molar-refractivity contribution in [3.8, 4) is 5.75 Å². The number of benzene rings is 3. The number of nitrogens with zero attached hydrogens (tertiary/aromatic N) is 4. The van der Waals surface area contributed by atoms with Gasteiger partial charge in [0.25, 0.3) is 0 Å². The molecule has 7 heteroatoms. The summed E-state index contributed by atoms with van der Waals surface area (Å²) in [6.07, 6.45) is 1.54. The molecule has 29 heavy (non-hydrogen) atoms. The average molecular weight is 401 g/mol. The number of para-hydroxylation sites is 1. The van der Waals surface area contributed by atoms with Crippen molar-refractivity contribution in [1.82, 2.24) is 4.98 Å². The Morgan fingerprint density at radius 2 is 1.69 bits per heavy atom. The zero-order valence-electron chi connectivity index (χ0n) is 16.0. The van der Waals surface area contributed by atoms with Crippen LogP contribution in [0.5, 0.6) is 5.75 Å². The summed E-state index contributed by atoms with van der Waals surface area (Å²) in [6.45, 7) is 4.10. The number of fused-ring (bicyclic) bond motifs is 1. The summed E-state index contributed by atoms with van der Waals surface area (Å²) in [5, 5.41) is 23.5. The lowest BCUT2D eigenvalue weighted by molar-refractivity contribution is 0.474. The second-order valence-corrected chi connectivity index (χ2v) is 7.60. The number of aromatic nitrogens is 1. The summed E-state index contributed by atoms with van der Waals surface area (Å²) in [5.41, 5.74) is 8.17. The van der Waals surface area contributed by atoms with Crippen molar-refractivity contribution in [2.45, 2.75) is 13.8 Å². The fraction of sp³-hybridized carbons (Fsp3) is 0.0909. The molecule has 0 amide bonds. The Labute approximate surface area is 172 Å². The molecule has 0 fully saturated rings. The zero-order valence-corrected chi connectivity index (χ0v) is 16.8. The lowest BCUT2D eigenvalue weighted by Gasteiger charge is -2.01. The smallest absolute Gasteiger partial charge is 0.204 e. The minimum atomic E-state index is 0.116. The molecule has 0 bridgehead atoms. The number of phenolic OH excluding ortho intramolecular Hbond substituents is 1. The van der Waals surface area contributed by atoms with Gasteiger partial charge >= 0.3 is 0 Å². The molecule has 0 aliphatic heterocycles. The molecule has 2 N–H and O–H groups in total. The monoisotopic (exact) mass is 401 g/mol. The predicted octanol–water partition coefficient (Wildman–Crippen LogP) is 6.48. The molecule has 144 valence electrons. The van der Waals surface area contributed by atoms with Crippen molar-refractivity contribution >= 4 is 44.3 Å². The summed E-state index contributed by atoms with van der Waals surface area (Å²) in [4.78, 5) is 4.46. The van der Waals surface area contributed by atoms with Crippen LogP contribution >= 0.6 is 11.3 Å². The molecule has 1 heterocycles. The van der Waals surface area contributed by atoms with E-state index < -0.39 is 0 Å². The van der Waals surface area contributed by atoms with Crippen molar-refractivity contribution < 1.29 is 5.11 Å². The van der Waals surface area contributed by atoms with E-state index in [1.54, 1.807) is 18.2 Å². The Kier molecular flexibility index (Phi) is 5.31. The van der Waals surface area contributed by atoms with E-state index in [0.717, 1.165) is 15.9 Å². The van der Waals surface area contributed by atoms with E-state index in [4.69, 9.17) is 0 Å². The van der Waals surface area contributed by atoms with E-state index in [-0.39, 0.29) is 5.75 Å². The standard InChI is InChI=1S/C22H19N5OS/c1-14-7-8-17(11-15(14)2)25-26-18-9-10-20(28)16(12-18)13-23-27-22-24-19-5-3-4-6-21(19)29-22/h3-13,28H,1-2H3,(H,24,27)/b23-13-,26-25?. The van der Waals surface area contributed by atoms with Gasteiger partial charge < -0.3 is 5.11 Å². The fourth-order valence-electron chi connectivity index (χ4n) is 2.69. The van der Waals surface area contributed by atoms with Gasteiger partial charge in [-0.05, 0) is 67.4 Å². The number of hydrogen-bond donors (Lipinski definition) is 2. The molecule has 3 aromatic carbocycles. The number of hydrazone groups is 1. The number of azo groups is 1. The molecule has 0 aliphatic rings. The average Bonchev–Trinajstić information content (AvgIpc) is 3.13. The van der Waals surface area contributed by atoms with E-state index in [1.807, 2.05) is 49.4 Å². The number of nitrogens with one attached hydrogen (secondary N) is 1. The van der Waals surface area contributed by atoms with E-state index >= 15 is 0 Å². The molecule has 4 aromatic rings. The minimum absolute atomic E-state index is 0.116. The number of hydrogen-bond acceptors (Lipinski definition) is 7. The maximum absolute atomic E-state index is 10.1. The van der Waals surface area contributed by atoms with Crippen molar-refractivity contribution in [3.05, 3.63) is 77.4 Å². The fourth-order valence-corrected chi connectivity index (χ4v) is 3.50. The lowest BCUT2D eigenvalue weighted by atomic mass is 10.1. The van der Waals surface area contributed by atoms with Crippen LogP contribution in [-0.4, -0.2) is 16.3 Å². The first-order valence-corrected chi connectivity index (χ1v) is 9.87. The van der Waals surface area contributed by atoms with Gasteiger partial charge in [0.2, 0.25) is 5.13 Å². The first-order valence-electron chi connectivity index (χ1n) is 9.05. The van der Waals surface area contributed by atoms with Crippen molar-refractivity contribution in [2.24, 2.45) is 15.3 Å². The van der Waals surface area contributed by atoms with Crippen LogP contribution in [0.15, 0.2) is 76.0 Å². The maximum atomic E-state index is 10.1. The molecule has 0 unspecified atom stereocenters. The summed E-state index contributed by atoms with van der Waals surface area (Å²) in [7, 11) is 0. The highest BCUT2D eigenvalue weighted by Gasteiger charge is 2.03. The number of aryl methyl sites for hydroxylation is 2. The third kappa shape index (κ3) is 4.47. The van der Waals surface area contributed by atoms with Crippen LogP contribution in [0.3, 0.4) is 0 Å². The van der Waals surface area contributed by atoms with Crippen molar-refractivity contribution in [2.75, 3.05) is 5.43 Å². The number of rotatable bonds is 5. The van der Waals surface area contributed by atoms with E-state index in [2.05, 4.69) is 32.7 Å². The molecular formula is C22H19N5OS. The number of phenols is 1. The van der Waals surface area contributed by atoms with Gasteiger partial charge in [0.05, 0.1) is 27.8 Å². The topological polar surface area (TPSA) is 82.2 Å². The lowest BCUT2D eigenvalue weighted by Crippen LogP contribution is -1.90. The van der Waals surface area contributed by atoms with E-state index in [9.17, 15) is 5.11 Å². The second-order valence-electron chi connectivity index (χ2n) is 6.57.